The lowest BCUT2D eigenvalue weighted by atomic mass is 10.2. The van der Waals surface area contributed by atoms with Crippen LogP contribution in [-0.4, -0.2) is 19.0 Å². The molecule has 0 saturated heterocycles. The Hall–Kier alpha value is -0.470. The van der Waals surface area contributed by atoms with Gasteiger partial charge in [-0.1, -0.05) is 19.1 Å². The Morgan fingerprint density at radius 2 is 2.15 bits per heavy atom. The third-order valence-electron chi connectivity index (χ3n) is 1.65. The maximum Gasteiger partial charge on any atom is 0.0228 e. The van der Waals surface area contributed by atoms with Crippen molar-refractivity contribution in [2.45, 2.75) is 18.4 Å². The van der Waals surface area contributed by atoms with E-state index in [4.69, 9.17) is 0 Å². The van der Waals surface area contributed by atoms with Crippen LogP contribution in [0.4, 0.5) is 0 Å². The van der Waals surface area contributed by atoms with E-state index in [1.165, 1.54) is 10.5 Å². The van der Waals surface area contributed by atoms with Gasteiger partial charge in [0.1, 0.15) is 0 Å². The molecule has 0 bridgehead atoms. The van der Waals surface area contributed by atoms with Crippen LogP contribution in [0.1, 0.15) is 12.5 Å². The molecule has 2 heteroatoms. The summed E-state index contributed by atoms with van der Waals surface area (Å²) in [6.07, 6.45) is 0. The largest absolute Gasteiger partial charge is 0.305 e. The van der Waals surface area contributed by atoms with Gasteiger partial charge >= 0.3 is 0 Å². The summed E-state index contributed by atoms with van der Waals surface area (Å²) in [5.41, 5.74) is 1.37. The number of nitrogens with zero attached hydrogens (tertiary/aromatic N) is 1. The molecule has 0 saturated carbocycles. The lowest BCUT2D eigenvalue weighted by Gasteiger charge is -2.10. The van der Waals surface area contributed by atoms with E-state index in [2.05, 4.69) is 55.9 Å². The Morgan fingerprint density at radius 1 is 1.38 bits per heavy atom. The standard InChI is InChI=1S/C11H16NS/c1-4-13-11-7-5-6-10(8-11)9-12(2)3/h4-8H,9H2,1-3H3. The molecule has 0 aliphatic rings. The van der Waals surface area contributed by atoms with Gasteiger partial charge in [0.25, 0.3) is 0 Å². The molecule has 1 aromatic rings. The lowest BCUT2D eigenvalue weighted by molar-refractivity contribution is 0.402. The number of benzene rings is 1. The van der Waals surface area contributed by atoms with Crippen molar-refractivity contribution in [1.29, 1.82) is 0 Å². The Labute approximate surface area is 85.1 Å². The zero-order chi connectivity index (χ0) is 9.68. The predicted molar refractivity (Wildman–Crippen MR) is 59.7 cm³/mol. The molecular formula is C11H16NS. The Balaban J connectivity index is 2.67. The van der Waals surface area contributed by atoms with Gasteiger partial charge in [-0.3, -0.25) is 0 Å². The first-order valence-corrected chi connectivity index (χ1v) is 5.28. The molecule has 0 unspecified atom stereocenters. The second kappa shape index (κ2) is 5.30. The van der Waals surface area contributed by atoms with Crippen molar-refractivity contribution in [3.63, 3.8) is 0 Å². The summed E-state index contributed by atoms with van der Waals surface area (Å²) in [5, 5.41) is 0. The zero-order valence-electron chi connectivity index (χ0n) is 8.45. The van der Waals surface area contributed by atoms with E-state index in [-0.39, 0.29) is 0 Å². The third-order valence-corrected chi connectivity index (χ3v) is 2.41. The molecule has 0 heterocycles. The van der Waals surface area contributed by atoms with Crippen LogP contribution >= 0.6 is 11.8 Å². The van der Waals surface area contributed by atoms with Crippen molar-refractivity contribution in [3.8, 4) is 0 Å². The molecule has 1 rings (SSSR count). The molecule has 0 fully saturated rings. The van der Waals surface area contributed by atoms with Crippen molar-refractivity contribution < 1.29 is 0 Å². The normalized spacial score (nSPS) is 10.8. The average molecular weight is 194 g/mol. The van der Waals surface area contributed by atoms with Crippen LogP contribution < -0.4 is 0 Å². The van der Waals surface area contributed by atoms with Gasteiger partial charge in [-0.2, -0.15) is 0 Å². The van der Waals surface area contributed by atoms with Gasteiger partial charge in [-0.25, -0.2) is 0 Å². The highest BCUT2D eigenvalue weighted by Gasteiger charge is 1.96. The van der Waals surface area contributed by atoms with Gasteiger partial charge < -0.3 is 4.90 Å². The summed E-state index contributed by atoms with van der Waals surface area (Å²) in [6, 6.07) is 8.67. The molecule has 0 atom stereocenters. The second-order valence-electron chi connectivity index (χ2n) is 3.24. The minimum absolute atomic E-state index is 1.01. The monoisotopic (exact) mass is 194 g/mol. The lowest BCUT2D eigenvalue weighted by Crippen LogP contribution is -2.10. The predicted octanol–water partition coefficient (Wildman–Crippen LogP) is 3.02. The Morgan fingerprint density at radius 3 is 2.77 bits per heavy atom. The second-order valence-corrected chi connectivity index (χ2v) is 4.42. The van der Waals surface area contributed by atoms with Crippen molar-refractivity contribution in [2.75, 3.05) is 14.1 Å². The summed E-state index contributed by atoms with van der Waals surface area (Å²) in [6.45, 7) is 3.07. The summed E-state index contributed by atoms with van der Waals surface area (Å²) < 4.78 is 0. The van der Waals surface area contributed by atoms with Gasteiger partial charge in [0.2, 0.25) is 0 Å². The minimum Gasteiger partial charge on any atom is -0.305 e. The van der Waals surface area contributed by atoms with E-state index < -0.39 is 0 Å². The summed E-state index contributed by atoms with van der Waals surface area (Å²) in [5.74, 6) is 2.11. The number of hydrogen-bond donors (Lipinski definition) is 0. The third kappa shape index (κ3) is 3.83. The van der Waals surface area contributed by atoms with Gasteiger partial charge in [-0.15, -0.1) is 11.8 Å². The van der Waals surface area contributed by atoms with Crippen molar-refractivity contribution >= 4 is 11.8 Å². The quantitative estimate of drug-likeness (QED) is 0.678. The van der Waals surface area contributed by atoms with Crippen LogP contribution in [0.2, 0.25) is 0 Å². The molecule has 0 aliphatic heterocycles. The molecular weight excluding hydrogens is 178 g/mol. The highest BCUT2D eigenvalue weighted by atomic mass is 32.2. The van der Waals surface area contributed by atoms with E-state index in [9.17, 15) is 0 Å². The molecule has 71 valence electrons. The van der Waals surface area contributed by atoms with Crippen LogP contribution in [0, 0.1) is 5.75 Å². The number of thioether (sulfide) groups is 1. The smallest absolute Gasteiger partial charge is 0.0228 e. The van der Waals surface area contributed by atoms with Crippen molar-refractivity contribution in [3.05, 3.63) is 35.6 Å². The van der Waals surface area contributed by atoms with Crippen LogP contribution in [0.25, 0.3) is 0 Å². The molecule has 1 radical (unpaired) electrons. The average Bonchev–Trinajstić information content (AvgIpc) is 2.04. The zero-order valence-corrected chi connectivity index (χ0v) is 9.27. The van der Waals surface area contributed by atoms with Crippen molar-refractivity contribution in [1.82, 2.24) is 4.90 Å². The van der Waals surface area contributed by atoms with E-state index in [0.717, 1.165) is 6.54 Å². The molecule has 13 heavy (non-hydrogen) atoms. The summed E-state index contributed by atoms with van der Waals surface area (Å²) in [4.78, 5) is 3.50. The van der Waals surface area contributed by atoms with Gasteiger partial charge in [0, 0.05) is 17.2 Å². The van der Waals surface area contributed by atoms with Gasteiger partial charge in [0.15, 0.2) is 0 Å². The van der Waals surface area contributed by atoms with E-state index in [1.807, 2.05) is 0 Å². The molecule has 1 nitrogen and oxygen atoms in total. The highest BCUT2D eigenvalue weighted by Crippen LogP contribution is 2.21. The van der Waals surface area contributed by atoms with E-state index in [1.54, 1.807) is 11.8 Å². The molecule has 0 amide bonds. The summed E-state index contributed by atoms with van der Waals surface area (Å²) in [7, 11) is 4.18. The maximum absolute atomic E-state index is 2.24. The first-order valence-electron chi connectivity index (χ1n) is 4.40. The number of rotatable bonds is 4. The molecule has 0 spiro atoms. The Kier molecular flexibility index (Phi) is 4.33. The fourth-order valence-electron chi connectivity index (χ4n) is 1.22. The van der Waals surface area contributed by atoms with Gasteiger partial charge in [0.05, 0.1) is 0 Å². The van der Waals surface area contributed by atoms with E-state index >= 15 is 0 Å². The van der Waals surface area contributed by atoms with Crippen LogP contribution in [-0.2, 0) is 6.54 Å². The van der Waals surface area contributed by atoms with Crippen LogP contribution in [0.3, 0.4) is 0 Å². The summed E-state index contributed by atoms with van der Waals surface area (Å²) >= 11 is 1.77. The Bertz CT molecular complexity index is 258. The minimum atomic E-state index is 1.01. The first kappa shape index (κ1) is 10.6. The van der Waals surface area contributed by atoms with Gasteiger partial charge in [-0.05, 0) is 31.8 Å². The molecule has 0 aliphatic carbocycles. The maximum atomic E-state index is 2.24. The first-order chi connectivity index (χ1) is 6.22. The van der Waals surface area contributed by atoms with Crippen molar-refractivity contribution in [2.24, 2.45) is 0 Å². The molecule has 0 N–H and O–H groups in total. The molecule has 1 aromatic carbocycles. The topological polar surface area (TPSA) is 3.24 Å². The van der Waals surface area contributed by atoms with Crippen LogP contribution in [0.15, 0.2) is 29.2 Å². The van der Waals surface area contributed by atoms with Crippen LogP contribution in [0.5, 0.6) is 0 Å². The fourth-order valence-corrected chi connectivity index (χ4v) is 1.87. The highest BCUT2D eigenvalue weighted by molar-refractivity contribution is 8.01. The number of hydrogen-bond acceptors (Lipinski definition) is 2. The SMILES string of the molecule is C[CH]Sc1cccc(CN(C)C)c1. The fraction of sp³-hybridized carbons (Fsp3) is 0.364. The molecule has 0 aromatic heterocycles. The van der Waals surface area contributed by atoms with E-state index in [0.29, 0.717) is 0 Å².